The zero-order valence-electron chi connectivity index (χ0n) is 22.3. The molecule has 0 amide bonds. The largest absolute Gasteiger partial charge is 0.394 e. The lowest BCUT2D eigenvalue weighted by Crippen LogP contribution is -2.73. The molecule has 0 aliphatic carbocycles. The maximum absolute atomic E-state index is 12.9. The molecule has 3 saturated heterocycles. The first-order chi connectivity index (χ1) is 19.4. The van der Waals surface area contributed by atoms with Gasteiger partial charge in [-0.25, -0.2) is 0 Å². The average molecular weight is 596 g/mol. The molecule has 3 aliphatic heterocycles. The highest BCUT2D eigenvalue weighted by molar-refractivity contribution is 5.98. The Bertz CT molecular complexity index is 924. The van der Waals surface area contributed by atoms with E-state index in [0.717, 1.165) is 6.08 Å². The van der Waals surface area contributed by atoms with E-state index in [-0.39, 0.29) is 0 Å². The number of hydrogen-bond acceptors (Lipinski definition) is 17. The molecule has 3 heterocycles. The Labute approximate surface area is 235 Å². The topological polar surface area (TPSA) is 303 Å². The second-order valence-corrected chi connectivity index (χ2v) is 10.1. The maximum Gasteiger partial charge on any atom is 0.192 e. The molecule has 0 spiro atoms. The minimum atomic E-state index is -2.39. The summed E-state index contributed by atoms with van der Waals surface area (Å²) in [6.45, 7) is -0.859. The van der Waals surface area contributed by atoms with E-state index in [1.165, 1.54) is 12.2 Å². The Morgan fingerprint density at radius 1 is 0.805 bits per heavy atom. The summed E-state index contributed by atoms with van der Waals surface area (Å²) >= 11 is 0. The minimum absolute atomic E-state index is 0.689. The van der Waals surface area contributed by atoms with Crippen LogP contribution in [0.5, 0.6) is 0 Å². The van der Waals surface area contributed by atoms with E-state index in [1.54, 1.807) is 13.0 Å². The van der Waals surface area contributed by atoms with Gasteiger partial charge in [-0.3, -0.25) is 4.79 Å². The summed E-state index contributed by atoms with van der Waals surface area (Å²) in [5.74, 6) is -0.913. The van der Waals surface area contributed by atoms with Gasteiger partial charge in [0.15, 0.2) is 30.3 Å². The van der Waals surface area contributed by atoms with Gasteiger partial charge in [-0.15, -0.1) is 0 Å². The van der Waals surface area contributed by atoms with Crippen molar-refractivity contribution in [2.24, 2.45) is 17.2 Å². The molecule has 17 nitrogen and oxygen atoms in total. The second-order valence-electron chi connectivity index (χ2n) is 10.1. The van der Waals surface area contributed by atoms with Crippen LogP contribution in [-0.4, -0.2) is 158 Å². The first-order valence-electron chi connectivity index (χ1n) is 13.0. The van der Waals surface area contributed by atoms with Crippen LogP contribution >= 0.6 is 0 Å². The van der Waals surface area contributed by atoms with Crippen LogP contribution in [0.15, 0.2) is 24.3 Å². The molecule has 0 aromatic heterocycles. The minimum Gasteiger partial charge on any atom is -0.394 e. The zero-order chi connectivity index (χ0) is 30.6. The van der Waals surface area contributed by atoms with Crippen molar-refractivity contribution in [2.45, 2.75) is 98.4 Å². The Kier molecular flexibility index (Phi) is 11.9. The van der Waals surface area contributed by atoms with Gasteiger partial charge in [-0.1, -0.05) is 18.2 Å². The second kappa shape index (κ2) is 14.3. The van der Waals surface area contributed by atoms with Crippen LogP contribution in [0.2, 0.25) is 0 Å². The molecule has 14 N–H and O–H groups in total. The van der Waals surface area contributed by atoms with E-state index in [1.807, 2.05) is 0 Å². The van der Waals surface area contributed by atoms with Gasteiger partial charge in [0.05, 0.1) is 37.9 Å². The van der Waals surface area contributed by atoms with Crippen molar-refractivity contribution in [1.29, 1.82) is 0 Å². The number of rotatable bonds is 10. The molecule has 3 fully saturated rings. The molecule has 3 aliphatic rings. The van der Waals surface area contributed by atoms with Gasteiger partial charge >= 0.3 is 0 Å². The number of ether oxygens (including phenoxy) is 5. The Morgan fingerprint density at radius 2 is 1.34 bits per heavy atom. The maximum atomic E-state index is 12.9. The summed E-state index contributed by atoms with van der Waals surface area (Å²) < 4.78 is 27.9. The number of nitrogens with two attached hydrogens (primary N) is 3. The summed E-state index contributed by atoms with van der Waals surface area (Å²) in [6, 6.07) is -4.24. The van der Waals surface area contributed by atoms with E-state index in [0.29, 0.717) is 0 Å². The fourth-order valence-corrected chi connectivity index (χ4v) is 4.89. The van der Waals surface area contributed by atoms with Gasteiger partial charge in [-0.05, 0) is 13.0 Å². The van der Waals surface area contributed by atoms with Crippen molar-refractivity contribution in [2.75, 3.05) is 19.8 Å². The number of carbonyl (C=O) groups excluding carboxylic acids is 1. The number of ketones is 1. The van der Waals surface area contributed by atoms with Crippen LogP contribution in [0.4, 0.5) is 0 Å². The van der Waals surface area contributed by atoms with Crippen molar-refractivity contribution in [1.82, 2.24) is 0 Å². The van der Waals surface area contributed by atoms with E-state index in [9.17, 15) is 45.6 Å². The predicted octanol–water partition coefficient (Wildman–Crippen LogP) is -6.60. The third-order valence-electron chi connectivity index (χ3n) is 7.44. The van der Waals surface area contributed by atoms with Crippen LogP contribution in [-0.2, 0) is 28.5 Å². The molecular formula is C24H41N3O14. The highest BCUT2D eigenvalue weighted by atomic mass is 16.7. The van der Waals surface area contributed by atoms with Gasteiger partial charge in [0, 0.05) is 0 Å². The monoisotopic (exact) mass is 595 g/mol. The molecule has 0 radical (unpaired) electrons. The van der Waals surface area contributed by atoms with Crippen LogP contribution in [0.1, 0.15) is 6.92 Å². The van der Waals surface area contributed by atoms with Gasteiger partial charge in [0.2, 0.25) is 0 Å². The number of hydrogen-bond donors (Lipinski definition) is 11. The van der Waals surface area contributed by atoms with Gasteiger partial charge < -0.3 is 81.7 Å². The quantitative estimate of drug-likeness (QED) is 0.0826. The lowest BCUT2D eigenvalue weighted by Gasteiger charge is -2.50. The Balaban J connectivity index is 1.81. The molecule has 2 unspecified atom stereocenters. The van der Waals surface area contributed by atoms with Gasteiger partial charge in [-0.2, -0.15) is 0 Å². The lowest BCUT2D eigenvalue weighted by molar-refractivity contribution is -0.355. The van der Waals surface area contributed by atoms with Crippen LogP contribution in [0, 0.1) is 0 Å². The first kappa shape index (κ1) is 34.0. The summed E-state index contributed by atoms with van der Waals surface area (Å²) in [5, 5.41) is 82.2. The van der Waals surface area contributed by atoms with E-state index in [4.69, 9.17) is 40.9 Å². The van der Waals surface area contributed by atoms with E-state index >= 15 is 0 Å². The van der Waals surface area contributed by atoms with Crippen LogP contribution < -0.4 is 17.2 Å². The standard InChI is InChI=1S/C24H41N3O14/c1-2-3-4-5-11(31)24(8-30)20(35)17(34)14(27)23(41-24)40-19-10(7-29)38-22(13(26)16(19)33)39-18-9(6-28)37-21(36)12(25)15(18)32/h2-5,9-10,12-23,28-30,32-36H,6-8,25-27H2,1H3/b3-2+,5-4+/t9-,10-,12-,13-,14-,15-,16-,17-,18?,19?,20+,21-,22+,23+,24+/m1/s1. The Morgan fingerprint density at radius 3 is 1.90 bits per heavy atom. The fraction of sp³-hybridized carbons (Fsp3) is 0.792. The molecule has 0 bridgehead atoms. The molecule has 0 saturated carbocycles. The molecule has 236 valence electrons. The fourth-order valence-electron chi connectivity index (χ4n) is 4.89. The third kappa shape index (κ3) is 6.70. The van der Waals surface area contributed by atoms with Crippen molar-refractivity contribution < 1.29 is 69.3 Å². The normalized spacial score (nSPS) is 47.7. The van der Waals surface area contributed by atoms with Crippen molar-refractivity contribution in [3.8, 4) is 0 Å². The summed E-state index contributed by atoms with van der Waals surface area (Å²) in [7, 11) is 0. The summed E-state index contributed by atoms with van der Waals surface area (Å²) in [4.78, 5) is 12.9. The molecule has 3 rings (SSSR count). The molecule has 17 heteroatoms. The van der Waals surface area contributed by atoms with E-state index < -0.39 is 117 Å². The highest BCUT2D eigenvalue weighted by Gasteiger charge is 2.58. The Hall–Kier alpha value is -1.49. The number of aliphatic hydroxyl groups is 8. The number of aliphatic hydroxyl groups excluding tert-OH is 8. The van der Waals surface area contributed by atoms with E-state index in [2.05, 4.69) is 0 Å². The molecular weight excluding hydrogens is 554 g/mol. The number of allylic oxidation sites excluding steroid dienone is 3. The zero-order valence-corrected chi connectivity index (χ0v) is 22.3. The van der Waals surface area contributed by atoms with Crippen molar-refractivity contribution >= 4 is 5.78 Å². The molecule has 0 aromatic carbocycles. The van der Waals surface area contributed by atoms with Crippen LogP contribution in [0.25, 0.3) is 0 Å². The lowest BCUT2D eigenvalue weighted by atomic mass is 9.83. The smallest absolute Gasteiger partial charge is 0.192 e. The third-order valence-corrected chi connectivity index (χ3v) is 7.44. The van der Waals surface area contributed by atoms with Crippen LogP contribution in [0.3, 0.4) is 0 Å². The first-order valence-corrected chi connectivity index (χ1v) is 13.0. The van der Waals surface area contributed by atoms with Gasteiger partial charge in [0.25, 0.3) is 0 Å². The molecule has 0 aromatic rings. The van der Waals surface area contributed by atoms with Crippen molar-refractivity contribution in [3.63, 3.8) is 0 Å². The average Bonchev–Trinajstić information content (AvgIpc) is 2.96. The van der Waals surface area contributed by atoms with Gasteiger partial charge in [0.1, 0.15) is 48.8 Å². The molecule has 41 heavy (non-hydrogen) atoms. The molecule has 15 atom stereocenters. The number of carbonyl (C=O) groups is 1. The summed E-state index contributed by atoms with van der Waals surface area (Å²) in [6.07, 6.45) is -11.9. The highest BCUT2D eigenvalue weighted by Crippen LogP contribution is 2.34. The predicted molar refractivity (Wildman–Crippen MR) is 135 cm³/mol. The SMILES string of the molecule is C/C=C/C=C/C(=O)[C@]1(CO)O[C@H](OC2[C@@H](CO)O[C@@H](OC3[C@@H](CO)O[C@@H](O)[C@H](N)[C@H]3O)[C@H](N)[C@H]2O)[C@H](N)[C@@H](O)[C@@H]1O. The summed E-state index contributed by atoms with van der Waals surface area (Å²) in [5.41, 5.74) is 15.5. The van der Waals surface area contributed by atoms with Crippen molar-refractivity contribution in [3.05, 3.63) is 24.3 Å².